The molecule has 0 bridgehead atoms. The molecule has 0 saturated heterocycles. The van der Waals surface area contributed by atoms with Crippen molar-refractivity contribution < 1.29 is 4.79 Å². The molecule has 1 aromatic heterocycles. The quantitative estimate of drug-likeness (QED) is 0.776. The van der Waals surface area contributed by atoms with E-state index in [2.05, 4.69) is 10.3 Å². The van der Waals surface area contributed by atoms with Gasteiger partial charge >= 0.3 is 0 Å². The molecule has 0 saturated carbocycles. The van der Waals surface area contributed by atoms with Gasteiger partial charge in [0.1, 0.15) is 11.9 Å². The summed E-state index contributed by atoms with van der Waals surface area (Å²) >= 11 is 0. The Morgan fingerprint density at radius 1 is 1.60 bits per heavy atom. The molecule has 0 aliphatic rings. The molecule has 1 heterocycles. The fourth-order valence-corrected chi connectivity index (χ4v) is 0.889. The maximum absolute atomic E-state index is 11.2. The van der Waals surface area contributed by atoms with Gasteiger partial charge in [-0.2, -0.15) is 5.26 Å². The number of nitrogens with one attached hydrogen (secondary N) is 1. The summed E-state index contributed by atoms with van der Waals surface area (Å²) in [6.45, 7) is 0.200. The molecule has 5 nitrogen and oxygen atoms in total. The van der Waals surface area contributed by atoms with Crippen LogP contribution in [-0.4, -0.2) is 36.4 Å². The molecular formula is C10H12N4O. The number of carbonyl (C=O) groups is 1. The van der Waals surface area contributed by atoms with Gasteiger partial charge in [0.25, 0.3) is 0 Å². The second-order valence-electron chi connectivity index (χ2n) is 3.19. The highest BCUT2D eigenvalue weighted by molar-refractivity contribution is 5.79. The number of nitriles is 1. The number of hydrogen-bond acceptors (Lipinski definition) is 4. The van der Waals surface area contributed by atoms with E-state index in [4.69, 9.17) is 5.26 Å². The van der Waals surface area contributed by atoms with Gasteiger partial charge in [-0.25, -0.2) is 4.98 Å². The summed E-state index contributed by atoms with van der Waals surface area (Å²) in [4.78, 5) is 16.7. The second-order valence-corrected chi connectivity index (χ2v) is 3.19. The molecule has 15 heavy (non-hydrogen) atoms. The van der Waals surface area contributed by atoms with Gasteiger partial charge in [0.15, 0.2) is 0 Å². The predicted octanol–water partition coefficient (Wildman–Crippen LogP) is 0.453. The van der Waals surface area contributed by atoms with Gasteiger partial charge in [-0.05, 0) is 12.1 Å². The maximum Gasteiger partial charge on any atom is 0.241 e. The van der Waals surface area contributed by atoms with E-state index in [0.29, 0.717) is 11.4 Å². The van der Waals surface area contributed by atoms with Crippen molar-refractivity contribution in [2.24, 2.45) is 0 Å². The highest BCUT2D eigenvalue weighted by Crippen LogP contribution is 2.03. The summed E-state index contributed by atoms with van der Waals surface area (Å²) in [6.07, 6.45) is 1.46. The van der Waals surface area contributed by atoms with E-state index < -0.39 is 0 Å². The van der Waals surface area contributed by atoms with Crippen molar-refractivity contribution in [1.29, 1.82) is 5.26 Å². The van der Waals surface area contributed by atoms with E-state index in [9.17, 15) is 4.79 Å². The molecule has 0 fully saturated rings. The first-order chi connectivity index (χ1) is 7.13. The van der Waals surface area contributed by atoms with Crippen molar-refractivity contribution in [3.05, 3.63) is 23.9 Å². The third-order valence-corrected chi connectivity index (χ3v) is 1.81. The van der Waals surface area contributed by atoms with E-state index in [1.807, 2.05) is 6.07 Å². The lowest BCUT2D eigenvalue weighted by molar-refractivity contribution is -0.126. The summed E-state index contributed by atoms with van der Waals surface area (Å²) in [5.41, 5.74) is 0.500. The van der Waals surface area contributed by atoms with Gasteiger partial charge in [0, 0.05) is 20.3 Å². The van der Waals surface area contributed by atoms with Crippen LogP contribution in [0.2, 0.25) is 0 Å². The molecular weight excluding hydrogens is 192 g/mol. The molecule has 1 amide bonds. The van der Waals surface area contributed by atoms with E-state index in [1.54, 1.807) is 26.2 Å². The molecule has 1 aromatic rings. The van der Waals surface area contributed by atoms with Crippen LogP contribution in [0.1, 0.15) is 5.56 Å². The zero-order valence-corrected chi connectivity index (χ0v) is 8.69. The number of nitrogens with zero attached hydrogens (tertiary/aromatic N) is 3. The first kappa shape index (κ1) is 11.0. The summed E-state index contributed by atoms with van der Waals surface area (Å²) in [7, 11) is 3.38. The Morgan fingerprint density at radius 3 is 2.80 bits per heavy atom. The zero-order valence-electron chi connectivity index (χ0n) is 8.69. The fourth-order valence-electron chi connectivity index (χ4n) is 0.889. The predicted molar refractivity (Wildman–Crippen MR) is 56.1 cm³/mol. The van der Waals surface area contributed by atoms with Crippen molar-refractivity contribution in [2.75, 3.05) is 26.0 Å². The van der Waals surface area contributed by atoms with Crippen LogP contribution < -0.4 is 5.32 Å². The molecule has 0 atom stereocenters. The normalized spacial score (nSPS) is 9.13. The van der Waals surface area contributed by atoms with Crippen LogP contribution in [0.4, 0.5) is 5.82 Å². The van der Waals surface area contributed by atoms with Gasteiger partial charge in [0.2, 0.25) is 5.91 Å². The molecule has 0 aliphatic carbocycles. The third-order valence-electron chi connectivity index (χ3n) is 1.81. The van der Waals surface area contributed by atoms with Gasteiger partial charge in [-0.15, -0.1) is 0 Å². The molecule has 0 aliphatic heterocycles. The highest BCUT2D eigenvalue weighted by Gasteiger charge is 2.03. The van der Waals surface area contributed by atoms with E-state index in [0.717, 1.165) is 0 Å². The average Bonchev–Trinajstić information content (AvgIpc) is 2.26. The number of aromatic nitrogens is 1. The van der Waals surface area contributed by atoms with Crippen LogP contribution >= 0.6 is 0 Å². The highest BCUT2D eigenvalue weighted by atomic mass is 16.2. The Morgan fingerprint density at radius 2 is 2.33 bits per heavy atom. The average molecular weight is 204 g/mol. The number of anilines is 1. The fraction of sp³-hybridized carbons (Fsp3) is 0.300. The molecule has 0 radical (unpaired) electrons. The standard InChI is InChI=1S/C10H12N4O/c1-14(2)10(15)7-13-9-4-3-8(5-11)6-12-9/h3-4,6H,7H2,1-2H3,(H,12,13). The molecule has 1 rings (SSSR count). The van der Waals surface area contributed by atoms with E-state index in [-0.39, 0.29) is 12.5 Å². The Kier molecular flexibility index (Phi) is 3.63. The van der Waals surface area contributed by atoms with Crippen LogP contribution in [0.25, 0.3) is 0 Å². The van der Waals surface area contributed by atoms with E-state index >= 15 is 0 Å². The van der Waals surface area contributed by atoms with Crippen LogP contribution in [0.15, 0.2) is 18.3 Å². The Labute approximate surface area is 88.3 Å². The summed E-state index contributed by atoms with van der Waals surface area (Å²) in [5, 5.41) is 11.4. The van der Waals surface area contributed by atoms with Crippen molar-refractivity contribution in [2.45, 2.75) is 0 Å². The smallest absolute Gasteiger partial charge is 0.241 e. The lowest BCUT2D eigenvalue weighted by atomic mass is 10.3. The summed E-state index contributed by atoms with van der Waals surface area (Å²) in [6, 6.07) is 5.29. The number of carbonyl (C=O) groups excluding carboxylic acids is 1. The lowest BCUT2D eigenvalue weighted by Crippen LogP contribution is -2.28. The van der Waals surface area contributed by atoms with Gasteiger partial charge < -0.3 is 10.2 Å². The monoisotopic (exact) mass is 204 g/mol. The molecule has 0 aromatic carbocycles. The van der Waals surface area contributed by atoms with Crippen LogP contribution in [0.3, 0.4) is 0 Å². The van der Waals surface area contributed by atoms with Crippen LogP contribution in [-0.2, 0) is 4.79 Å². The number of amides is 1. The first-order valence-electron chi connectivity index (χ1n) is 4.43. The zero-order chi connectivity index (χ0) is 11.3. The molecule has 0 spiro atoms. The minimum absolute atomic E-state index is 0.0267. The Balaban J connectivity index is 2.52. The maximum atomic E-state index is 11.2. The summed E-state index contributed by atoms with van der Waals surface area (Å²) < 4.78 is 0. The van der Waals surface area contributed by atoms with Crippen LogP contribution in [0.5, 0.6) is 0 Å². The third kappa shape index (κ3) is 3.27. The van der Waals surface area contributed by atoms with Gasteiger partial charge in [-0.3, -0.25) is 4.79 Å². The van der Waals surface area contributed by atoms with Gasteiger partial charge in [-0.1, -0.05) is 0 Å². The molecule has 78 valence electrons. The van der Waals surface area contributed by atoms with Crippen molar-refractivity contribution in [1.82, 2.24) is 9.88 Å². The van der Waals surface area contributed by atoms with Crippen molar-refractivity contribution in [3.63, 3.8) is 0 Å². The topological polar surface area (TPSA) is 69.0 Å². The number of likely N-dealkylation sites (N-methyl/N-ethyl adjacent to an activating group) is 1. The van der Waals surface area contributed by atoms with Gasteiger partial charge in [0.05, 0.1) is 12.1 Å². The summed E-state index contributed by atoms with van der Waals surface area (Å²) in [5.74, 6) is 0.561. The molecule has 1 N–H and O–H groups in total. The minimum atomic E-state index is -0.0267. The van der Waals surface area contributed by atoms with E-state index in [1.165, 1.54) is 11.1 Å². The Hall–Kier alpha value is -2.09. The number of rotatable bonds is 3. The Bertz CT molecular complexity index is 377. The number of hydrogen-bond donors (Lipinski definition) is 1. The molecule has 0 unspecified atom stereocenters. The van der Waals surface area contributed by atoms with Crippen molar-refractivity contribution >= 4 is 11.7 Å². The molecule has 5 heteroatoms. The minimum Gasteiger partial charge on any atom is -0.361 e. The van der Waals surface area contributed by atoms with Crippen molar-refractivity contribution in [3.8, 4) is 6.07 Å². The first-order valence-corrected chi connectivity index (χ1v) is 4.43. The number of pyridine rings is 1. The SMILES string of the molecule is CN(C)C(=O)CNc1ccc(C#N)cn1. The van der Waals surface area contributed by atoms with Crippen LogP contribution in [0, 0.1) is 11.3 Å². The lowest BCUT2D eigenvalue weighted by Gasteiger charge is -2.10. The second kappa shape index (κ2) is 4.96. The largest absolute Gasteiger partial charge is 0.361 e.